The van der Waals surface area contributed by atoms with Crippen molar-refractivity contribution in [2.24, 2.45) is 0 Å². The monoisotopic (exact) mass is 679 g/mol. The number of amides is 2. The maximum Gasteiger partial charge on any atom is 0.264 e. The van der Waals surface area contributed by atoms with Crippen molar-refractivity contribution in [3.05, 3.63) is 156 Å². The van der Waals surface area contributed by atoms with Crippen LogP contribution in [0.1, 0.15) is 23.6 Å². The molecule has 0 fully saturated rings. The number of benzene rings is 5. The number of anilines is 1. The zero-order chi connectivity index (χ0) is 34.8. The Bertz CT molecular complexity index is 1960. The normalized spacial score (nSPS) is 11.7. The van der Waals surface area contributed by atoms with Gasteiger partial charge in [0.1, 0.15) is 29.9 Å². The summed E-state index contributed by atoms with van der Waals surface area (Å²) in [7, 11) is -4.30. The number of carbonyl (C=O) groups is 2. The minimum Gasteiger partial charge on any atom is -0.457 e. The number of carbonyl (C=O) groups excluding carboxylic acids is 2. The molecule has 2 amide bonds. The predicted molar refractivity (Wildman–Crippen MR) is 188 cm³/mol. The van der Waals surface area contributed by atoms with E-state index in [1.165, 1.54) is 29.2 Å². The lowest BCUT2D eigenvalue weighted by molar-refractivity contribution is -0.140. The maximum absolute atomic E-state index is 15.1. The molecule has 0 saturated heterocycles. The number of nitrogens with zero attached hydrogens (tertiary/aromatic N) is 2. The Kier molecular flexibility index (Phi) is 11.4. The highest BCUT2D eigenvalue weighted by Crippen LogP contribution is 2.29. The van der Waals surface area contributed by atoms with Gasteiger partial charge < -0.3 is 15.0 Å². The van der Waals surface area contributed by atoms with Gasteiger partial charge in [-0.05, 0) is 74.0 Å². The molecule has 8 nitrogen and oxygen atoms in total. The van der Waals surface area contributed by atoms with Crippen LogP contribution < -0.4 is 14.4 Å². The van der Waals surface area contributed by atoms with Crippen LogP contribution in [0.5, 0.6) is 11.5 Å². The third-order valence-electron chi connectivity index (χ3n) is 7.91. The minimum atomic E-state index is -4.30. The zero-order valence-corrected chi connectivity index (χ0v) is 28.1. The Morgan fingerprint density at radius 3 is 2.00 bits per heavy atom. The van der Waals surface area contributed by atoms with Crippen LogP contribution in [0, 0.1) is 12.7 Å². The summed E-state index contributed by atoms with van der Waals surface area (Å²) in [5.41, 5.74) is 2.04. The van der Waals surface area contributed by atoms with Gasteiger partial charge in [0.05, 0.1) is 10.6 Å². The highest BCUT2D eigenvalue weighted by Gasteiger charge is 2.35. The highest BCUT2D eigenvalue weighted by molar-refractivity contribution is 7.92. The molecule has 0 heterocycles. The van der Waals surface area contributed by atoms with Crippen LogP contribution in [0.3, 0.4) is 0 Å². The highest BCUT2D eigenvalue weighted by atomic mass is 32.2. The maximum atomic E-state index is 15.1. The quantitative estimate of drug-likeness (QED) is 0.138. The van der Waals surface area contributed by atoms with Crippen LogP contribution in [-0.4, -0.2) is 44.3 Å². The molecule has 0 radical (unpaired) electrons. The van der Waals surface area contributed by atoms with Gasteiger partial charge in [0.25, 0.3) is 10.0 Å². The van der Waals surface area contributed by atoms with Crippen LogP contribution >= 0.6 is 0 Å². The molecule has 0 aliphatic carbocycles. The largest absolute Gasteiger partial charge is 0.457 e. The molecule has 49 heavy (non-hydrogen) atoms. The summed E-state index contributed by atoms with van der Waals surface area (Å²) in [6.07, 6.45) is 0.128. The summed E-state index contributed by atoms with van der Waals surface area (Å²) in [5, 5.41) is 2.80. The van der Waals surface area contributed by atoms with Crippen molar-refractivity contribution >= 4 is 27.5 Å². The molecule has 0 aliphatic rings. The number of likely N-dealkylation sites (N-methyl/N-ethyl adjacent to an activating group) is 1. The van der Waals surface area contributed by atoms with Gasteiger partial charge >= 0.3 is 0 Å². The van der Waals surface area contributed by atoms with E-state index in [0.29, 0.717) is 18.0 Å². The van der Waals surface area contributed by atoms with Gasteiger partial charge in [0.2, 0.25) is 11.8 Å². The standard InChI is InChI=1S/C39H38FN3O5S/c1-3-41-39(45)37(26-30-12-6-4-7-13-30)42(27-31-14-10-11-17-36(31)40)38(44)28-43(49(46,47)35-24-18-29(2)19-25-35)32-20-22-34(23-21-32)48-33-15-8-5-9-16-33/h4-25,37H,3,26-28H2,1-2H3,(H,41,45)/t37-/m0/s1. The van der Waals surface area contributed by atoms with Gasteiger partial charge in [-0.1, -0.05) is 84.4 Å². The van der Waals surface area contributed by atoms with Crippen LogP contribution in [0.15, 0.2) is 138 Å². The lowest BCUT2D eigenvalue weighted by Crippen LogP contribution is -2.53. The smallest absolute Gasteiger partial charge is 0.264 e. The molecule has 0 aliphatic heterocycles. The van der Waals surface area contributed by atoms with E-state index in [1.54, 1.807) is 67.6 Å². The van der Waals surface area contributed by atoms with Crippen LogP contribution in [0.25, 0.3) is 0 Å². The number of nitrogens with one attached hydrogen (secondary N) is 1. The summed E-state index contributed by atoms with van der Waals surface area (Å²) in [6, 6.07) is 35.9. The van der Waals surface area contributed by atoms with Crippen LogP contribution in [0.2, 0.25) is 0 Å². The van der Waals surface area contributed by atoms with Crippen molar-refractivity contribution in [2.75, 3.05) is 17.4 Å². The van der Waals surface area contributed by atoms with E-state index in [-0.39, 0.29) is 29.1 Å². The molecule has 5 aromatic carbocycles. The van der Waals surface area contributed by atoms with Crippen LogP contribution in [0.4, 0.5) is 10.1 Å². The van der Waals surface area contributed by atoms with Crippen molar-refractivity contribution in [1.29, 1.82) is 0 Å². The average Bonchev–Trinajstić information content (AvgIpc) is 3.11. The van der Waals surface area contributed by atoms with Crippen LogP contribution in [-0.2, 0) is 32.6 Å². The first-order chi connectivity index (χ1) is 23.7. The van der Waals surface area contributed by atoms with E-state index in [4.69, 9.17) is 4.74 Å². The number of sulfonamides is 1. The second kappa shape index (κ2) is 16.1. The molecule has 252 valence electrons. The number of hydrogen-bond donors (Lipinski definition) is 1. The summed E-state index contributed by atoms with van der Waals surface area (Å²) in [6.45, 7) is 2.99. The summed E-state index contributed by atoms with van der Waals surface area (Å²) in [5.74, 6) is -0.600. The number of halogens is 1. The lowest BCUT2D eigenvalue weighted by Gasteiger charge is -2.34. The minimum absolute atomic E-state index is 0.0132. The van der Waals surface area contributed by atoms with Gasteiger partial charge in [0.15, 0.2) is 0 Å². The molecule has 0 saturated carbocycles. The fourth-order valence-electron chi connectivity index (χ4n) is 5.33. The number of hydrogen-bond acceptors (Lipinski definition) is 5. The second-order valence-electron chi connectivity index (χ2n) is 11.4. The topological polar surface area (TPSA) is 96.0 Å². The van der Waals surface area contributed by atoms with Gasteiger partial charge in [-0.2, -0.15) is 0 Å². The number of aryl methyl sites for hydroxylation is 1. The van der Waals surface area contributed by atoms with Crippen molar-refractivity contribution in [1.82, 2.24) is 10.2 Å². The molecule has 1 N–H and O–H groups in total. The third-order valence-corrected chi connectivity index (χ3v) is 9.70. The van der Waals surface area contributed by atoms with Gasteiger partial charge in [-0.3, -0.25) is 13.9 Å². The molecule has 0 bridgehead atoms. The van der Waals surface area contributed by atoms with E-state index in [0.717, 1.165) is 15.4 Å². The molecule has 5 rings (SSSR count). The Balaban J connectivity index is 1.56. The summed E-state index contributed by atoms with van der Waals surface area (Å²) in [4.78, 5) is 29.4. The van der Waals surface area contributed by atoms with E-state index in [1.807, 2.05) is 55.5 Å². The van der Waals surface area contributed by atoms with Crippen molar-refractivity contribution in [3.63, 3.8) is 0 Å². The van der Waals surface area contributed by atoms with Crippen molar-refractivity contribution in [3.8, 4) is 11.5 Å². The predicted octanol–water partition coefficient (Wildman–Crippen LogP) is 6.90. The SMILES string of the molecule is CCNC(=O)[C@H](Cc1ccccc1)N(Cc1ccccc1F)C(=O)CN(c1ccc(Oc2ccccc2)cc1)S(=O)(=O)c1ccc(C)cc1. The Labute approximate surface area is 286 Å². The Morgan fingerprint density at radius 1 is 0.776 bits per heavy atom. The number of para-hydroxylation sites is 1. The fraction of sp³-hybridized carbons (Fsp3) is 0.179. The molecule has 0 spiro atoms. The molecular formula is C39H38FN3O5S. The van der Waals surface area contributed by atoms with Gasteiger partial charge in [-0.25, -0.2) is 12.8 Å². The average molecular weight is 680 g/mol. The first kappa shape index (κ1) is 34.8. The molecule has 0 aromatic heterocycles. The Hall–Kier alpha value is -5.48. The molecule has 10 heteroatoms. The lowest BCUT2D eigenvalue weighted by atomic mass is 10.0. The molecule has 1 atom stereocenters. The van der Waals surface area contributed by atoms with Crippen molar-refractivity contribution < 1.29 is 27.1 Å². The Morgan fingerprint density at radius 2 is 1.37 bits per heavy atom. The molecular weight excluding hydrogens is 642 g/mol. The second-order valence-corrected chi connectivity index (χ2v) is 13.3. The van der Waals surface area contributed by atoms with Gasteiger partial charge in [-0.15, -0.1) is 0 Å². The third kappa shape index (κ3) is 8.91. The van der Waals surface area contributed by atoms with Gasteiger partial charge in [0, 0.05) is 25.1 Å². The fourth-order valence-corrected chi connectivity index (χ4v) is 6.74. The summed E-state index contributed by atoms with van der Waals surface area (Å²) < 4.78 is 50.5. The summed E-state index contributed by atoms with van der Waals surface area (Å²) >= 11 is 0. The van der Waals surface area contributed by atoms with E-state index >= 15 is 4.39 Å². The molecule has 5 aromatic rings. The number of rotatable bonds is 14. The first-order valence-electron chi connectivity index (χ1n) is 15.9. The van der Waals surface area contributed by atoms with Crippen molar-refractivity contribution in [2.45, 2.75) is 37.8 Å². The zero-order valence-electron chi connectivity index (χ0n) is 27.3. The molecule has 0 unspecified atom stereocenters. The first-order valence-corrected chi connectivity index (χ1v) is 17.4. The number of ether oxygens (including phenoxy) is 1. The van der Waals surface area contributed by atoms with E-state index in [9.17, 15) is 18.0 Å². The van der Waals surface area contributed by atoms with E-state index < -0.39 is 40.2 Å². The van der Waals surface area contributed by atoms with E-state index in [2.05, 4.69) is 5.32 Å².